The van der Waals surface area contributed by atoms with Crippen LogP contribution in [0, 0.1) is 5.82 Å². The van der Waals surface area contributed by atoms with Crippen molar-refractivity contribution < 1.29 is 37.0 Å². The molecule has 1 saturated carbocycles. The SMILES string of the molecule is COc1ccc(CN2CC(Oc3cc(F)c(C(=O)OC(C)(C)C)cc3C3CC3)CC(F)(F)C2=O)cc1. The van der Waals surface area contributed by atoms with Crippen LogP contribution in [0.15, 0.2) is 36.4 Å². The van der Waals surface area contributed by atoms with Crippen LogP contribution in [-0.2, 0) is 16.1 Å². The van der Waals surface area contributed by atoms with Gasteiger partial charge in [-0.1, -0.05) is 12.1 Å². The van der Waals surface area contributed by atoms with E-state index in [4.69, 9.17) is 14.2 Å². The molecule has 4 rings (SSSR count). The number of carbonyl (C=O) groups excluding carboxylic acids is 2. The number of amides is 1. The molecule has 0 bridgehead atoms. The van der Waals surface area contributed by atoms with Gasteiger partial charge in [-0.2, -0.15) is 8.78 Å². The van der Waals surface area contributed by atoms with E-state index in [1.165, 1.54) is 13.2 Å². The van der Waals surface area contributed by atoms with Gasteiger partial charge in [0.25, 0.3) is 5.91 Å². The molecular weight excluding hydrogens is 475 g/mol. The minimum atomic E-state index is -3.62. The molecule has 1 amide bonds. The number of carbonyl (C=O) groups is 2. The highest BCUT2D eigenvalue weighted by atomic mass is 19.3. The molecule has 0 aromatic heterocycles. The average Bonchev–Trinajstić information content (AvgIpc) is 3.61. The Labute approximate surface area is 208 Å². The molecule has 36 heavy (non-hydrogen) atoms. The summed E-state index contributed by atoms with van der Waals surface area (Å²) in [5, 5.41) is 0. The molecular formula is C27H30F3NO5. The van der Waals surface area contributed by atoms with Gasteiger partial charge in [0.05, 0.1) is 25.6 Å². The van der Waals surface area contributed by atoms with Crippen LogP contribution in [0.25, 0.3) is 0 Å². The normalized spacial score (nSPS) is 19.7. The van der Waals surface area contributed by atoms with Crippen molar-refractivity contribution in [2.75, 3.05) is 13.7 Å². The van der Waals surface area contributed by atoms with Gasteiger partial charge in [0.2, 0.25) is 0 Å². The Morgan fingerprint density at radius 3 is 2.39 bits per heavy atom. The van der Waals surface area contributed by atoms with Gasteiger partial charge in [-0.3, -0.25) is 4.79 Å². The van der Waals surface area contributed by atoms with E-state index in [2.05, 4.69) is 0 Å². The number of halogens is 3. The molecule has 9 heteroatoms. The molecule has 2 aliphatic rings. The summed E-state index contributed by atoms with van der Waals surface area (Å²) >= 11 is 0. The summed E-state index contributed by atoms with van der Waals surface area (Å²) in [5.74, 6) is -5.77. The lowest BCUT2D eigenvalue weighted by Crippen LogP contribution is -2.55. The molecule has 1 heterocycles. The zero-order valence-electron chi connectivity index (χ0n) is 20.8. The number of piperidine rings is 1. The monoisotopic (exact) mass is 505 g/mol. The predicted octanol–water partition coefficient (Wildman–Crippen LogP) is 5.48. The van der Waals surface area contributed by atoms with E-state index in [0.29, 0.717) is 16.9 Å². The van der Waals surface area contributed by atoms with E-state index in [0.717, 1.165) is 23.8 Å². The van der Waals surface area contributed by atoms with Crippen molar-refractivity contribution in [3.05, 3.63) is 58.9 Å². The third-order valence-corrected chi connectivity index (χ3v) is 6.07. The second-order valence-electron chi connectivity index (χ2n) is 10.3. The van der Waals surface area contributed by atoms with E-state index in [-0.39, 0.29) is 30.3 Å². The maximum atomic E-state index is 14.9. The summed E-state index contributed by atoms with van der Waals surface area (Å²) in [6.45, 7) is 4.94. The van der Waals surface area contributed by atoms with Gasteiger partial charge in [0.15, 0.2) is 0 Å². The molecule has 1 saturated heterocycles. The molecule has 2 aromatic rings. The molecule has 6 nitrogen and oxygen atoms in total. The Morgan fingerprint density at radius 2 is 1.81 bits per heavy atom. The smallest absolute Gasteiger partial charge is 0.341 e. The van der Waals surface area contributed by atoms with Crippen LogP contribution < -0.4 is 9.47 Å². The number of likely N-dealkylation sites (tertiary alicyclic amines) is 1. The van der Waals surface area contributed by atoms with Gasteiger partial charge in [0, 0.05) is 12.6 Å². The van der Waals surface area contributed by atoms with E-state index >= 15 is 0 Å². The summed E-state index contributed by atoms with van der Waals surface area (Å²) in [6, 6.07) is 9.24. The first-order chi connectivity index (χ1) is 16.9. The molecule has 1 aliphatic heterocycles. The Morgan fingerprint density at radius 1 is 1.14 bits per heavy atom. The van der Waals surface area contributed by atoms with Gasteiger partial charge in [0.1, 0.15) is 29.0 Å². The number of esters is 1. The van der Waals surface area contributed by atoms with Crippen LogP contribution in [0.1, 0.15) is 67.4 Å². The maximum Gasteiger partial charge on any atom is 0.341 e. The highest BCUT2D eigenvalue weighted by Gasteiger charge is 2.49. The molecule has 0 N–H and O–H groups in total. The fourth-order valence-corrected chi connectivity index (χ4v) is 4.22. The van der Waals surface area contributed by atoms with Gasteiger partial charge < -0.3 is 19.1 Å². The zero-order chi connectivity index (χ0) is 26.3. The molecule has 2 aromatic carbocycles. The first kappa shape index (κ1) is 25.9. The summed E-state index contributed by atoms with van der Waals surface area (Å²) < 4.78 is 60.6. The van der Waals surface area contributed by atoms with Crippen LogP contribution in [0.4, 0.5) is 13.2 Å². The fraction of sp³-hybridized carbons (Fsp3) is 0.481. The number of hydrogen-bond donors (Lipinski definition) is 0. The Kier molecular flexibility index (Phi) is 6.94. The van der Waals surface area contributed by atoms with Crippen molar-refractivity contribution in [2.45, 2.75) is 70.1 Å². The van der Waals surface area contributed by atoms with E-state index in [1.807, 2.05) is 0 Å². The largest absolute Gasteiger partial charge is 0.497 e. The molecule has 1 aliphatic carbocycles. The van der Waals surface area contributed by atoms with Gasteiger partial charge in [-0.25, -0.2) is 9.18 Å². The number of rotatable bonds is 7. The lowest BCUT2D eigenvalue weighted by atomic mass is 10.0. The maximum absolute atomic E-state index is 14.9. The number of methoxy groups -OCH3 is 1. The van der Waals surface area contributed by atoms with Gasteiger partial charge >= 0.3 is 11.9 Å². The standard InChI is InChI=1S/C27H30F3NO5/c1-26(2,3)36-24(32)21-11-20(17-7-8-17)23(12-22(21)28)35-19-13-27(29,30)25(33)31(15-19)14-16-5-9-18(34-4)10-6-16/h5-6,9-12,17,19H,7-8,13-15H2,1-4H3. The first-order valence-electron chi connectivity index (χ1n) is 11.9. The second-order valence-corrected chi connectivity index (χ2v) is 10.3. The van der Waals surface area contributed by atoms with Crippen LogP contribution in [0.5, 0.6) is 11.5 Å². The first-order valence-corrected chi connectivity index (χ1v) is 11.9. The van der Waals surface area contributed by atoms with Crippen molar-refractivity contribution in [3.8, 4) is 11.5 Å². The van der Waals surface area contributed by atoms with Gasteiger partial charge in [-0.05, 0) is 68.9 Å². The minimum Gasteiger partial charge on any atom is -0.497 e. The Bertz CT molecular complexity index is 1140. The average molecular weight is 506 g/mol. The molecule has 2 fully saturated rings. The molecule has 1 unspecified atom stereocenters. The van der Waals surface area contributed by atoms with Crippen molar-refractivity contribution in [1.82, 2.24) is 4.90 Å². The van der Waals surface area contributed by atoms with Crippen LogP contribution >= 0.6 is 0 Å². The minimum absolute atomic E-state index is 0.0281. The Balaban J connectivity index is 1.56. The van der Waals surface area contributed by atoms with Crippen LogP contribution in [-0.4, -0.2) is 48.1 Å². The van der Waals surface area contributed by atoms with Crippen LogP contribution in [0.2, 0.25) is 0 Å². The number of nitrogens with zero attached hydrogens (tertiary/aromatic N) is 1. The Hall–Kier alpha value is -3.23. The molecule has 194 valence electrons. The topological polar surface area (TPSA) is 65.1 Å². The van der Waals surface area contributed by atoms with Crippen molar-refractivity contribution in [2.24, 2.45) is 0 Å². The number of alkyl halides is 2. The highest BCUT2D eigenvalue weighted by molar-refractivity contribution is 5.90. The highest BCUT2D eigenvalue weighted by Crippen LogP contribution is 2.46. The van der Waals surface area contributed by atoms with E-state index in [1.54, 1.807) is 45.0 Å². The molecule has 0 radical (unpaired) electrons. The molecule has 0 spiro atoms. The van der Waals surface area contributed by atoms with Crippen molar-refractivity contribution >= 4 is 11.9 Å². The van der Waals surface area contributed by atoms with Gasteiger partial charge in [-0.15, -0.1) is 0 Å². The number of benzene rings is 2. The predicted molar refractivity (Wildman–Crippen MR) is 126 cm³/mol. The quantitative estimate of drug-likeness (QED) is 0.466. The third kappa shape index (κ3) is 5.94. The second kappa shape index (κ2) is 9.67. The van der Waals surface area contributed by atoms with Crippen molar-refractivity contribution in [3.63, 3.8) is 0 Å². The lowest BCUT2D eigenvalue weighted by molar-refractivity contribution is -0.172. The van der Waals surface area contributed by atoms with E-state index in [9.17, 15) is 22.8 Å². The number of ether oxygens (including phenoxy) is 3. The summed E-state index contributed by atoms with van der Waals surface area (Å²) in [5.41, 5.74) is 0.224. The lowest BCUT2D eigenvalue weighted by Gasteiger charge is -2.37. The summed E-state index contributed by atoms with van der Waals surface area (Å²) in [7, 11) is 1.52. The summed E-state index contributed by atoms with van der Waals surface area (Å²) in [4.78, 5) is 26.0. The third-order valence-electron chi connectivity index (χ3n) is 6.07. The zero-order valence-corrected chi connectivity index (χ0v) is 20.8. The number of hydrogen-bond acceptors (Lipinski definition) is 5. The molecule has 1 atom stereocenters. The fourth-order valence-electron chi connectivity index (χ4n) is 4.22. The van der Waals surface area contributed by atoms with E-state index < -0.39 is 41.7 Å². The summed E-state index contributed by atoms with van der Waals surface area (Å²) in [6.07, 6.45) is -0.234. The van der Waals surface area contributed by atoms with Crippen LogP contribution in [0.3, 0.4) is 0 Å². The van der Waals surface area contributed by atoms with Crippen molar-refractivity contribution in [1.29, 1.82) is 0 Å².